The third kappa shape index (κ3) is 15.2. The van der Waals surface area contributed by atoms with Crippen LogP contribution < -0.4 is 21.7 Å². The maximum atomic E-state index is 13.4. The molecule has 5 rings (SSSR count). The average Bonchev–Trinajstić information content (AvgIpc) is 3.89. The molecule has 7 amide bonds. The number of primary amides is 1. The molecule has 2 aromatic rings. The van der Waals surface area contributed by atoms with E-state index in [4.69, 9.17) is 10.5 Å². The molecule has 3 aliphatic heterocycles. The summed E-state index contributed by atoms with van der Waals surface area (Å²) in [7, 11) is 0. The first-order valence-electron chi connectivity index (χ1n) is 19.2. The number of urea groups is 1. The smallest absolute Gasteiger partial charge is 0.328 e. The van der Waals surface area contributed by atoms with Gasteiger partial charge in [0.25, 0.3) is 0 Å². The van der Waals surface area contributed by atoms with Crippen molar-refractivity contribution in [3.8, 4) is 0 Å². The molecule has 3 fully saturated rings. The Bertz CT molecular complexity index is 1620. The standard InChI is InChI=1S/C23H36N4O6.C11H13N3O2.C7H8/c1-16(2)24-21(30)17-7-3-4-12-27(17)22(31)18-8-6-13-26(18)20(29)10-14-33-23(32)19-9-5-11-25(19)15-28;12-10(15)8-14-11(16)13-7-6-9-4-2-1-3-5-9;1-7-5-3-2-4-6-7/h15-19H,3-14H2,1-2H3,(H,24,30);1-7H,8H2,(H2,12,15)(H2,13,14,16);2-6H,1H3/b;7-6+;. The lowest BCUT2D eigenvalue weighted by atomic mass is 9.99. The topological polar surface area (TPSA) is 201 Å². The van der Waals surface area contributed by atoms with Crippen LogP contribution in [0.2, 0.25) is 0 Å². The number of rotatable bonds is 12. The molecule has 0 radical (unpaired) electrons. The summed E-state index contributed by atoms with van der Waals surface area (Å²) in [6.07, 6.45) is 8.83. The van der Waals surface area contributed by atoms with Gasteiger partial charge in [0.2, 0.25) is 30.0 Å². The summed E-state index contributed by atoms with van der Waals surface area (Å²) in [6.45, 7) is 7.13. The van der Waals surface area contributed by atoms with Crippen LogP contribution >= 0.6 is 0 Å². The molecule has 56 heavy (non-hydrogen) atoms. The third-order valence-electron chi connectivity index (χ3n) is 9.29. The summed E-state index contributed by atoms with van der Waals surface area (Å²) < 4.78 is 5.25. The zero-order valence-corrected chi connectivity index (χ0v) is 32.7. The minimum atomic E-state index is -0.582. The number of piperidine rings is 1. The predicted molar refractivity (Wildman–Crippen MR) is 211 cm³/mol. The molecule has 0 bridgehead atoms. The van der Waals surface area contributed by atoms with Crippen LogP contribution in [0.3, 0.4) is 0 Å². The Labute approximate surface area is 329 Å². The summed E-state index contributed by atoms with van der Waals surface area (Å²) in [5.74, 6) is -1.63. The fourth-order valence-corrected chi connectivity index (χ4v) is 6.54. The number of hydrogen-bond donors (Lipinski definition) is 4. The van der Waals surface area contributed by atoms with Gasteiger partial charge in [0.15, 0.2) is 0 Å². The number of carbonyl (C=O) groups excluding carboxylic acids is 7. The number of nitrogens with zero attached hydrogens (tertiary/aromatic N) is 3. The number of carbonyl (C=O) groups is 7. The summed E-state index contributed by atoms with van der Waals surface area (Å²) in [6, 6.07) is 17.6. The molecule has 0 aromatic heterocycles. The van der Waals surface area contributed by atoms with Crippen molar-refractivity contribution in [2.75, 3.05) is 32.8 Å². The van der Waals surface area contributed by atoms with Gasteiger partial charge < -0.3 is 41.1 Å². The second kappa shape index (κ2) is 23.9. The van der Waals surface area contributed by atoms with E-state index in [2.05, 4.69) is 35.0 Å². The summed E-state index contributed by atoms with van der Waals surface area (Å²) in [5, 5.41) is 7.64. The van der Waals surface area contributed by atoms with Crippen molar-refractivity contribution in [3.63, 3.8) is 0 Å². The minimum absolute atomic E-state index is 0.00788. The zero-order valence-electron chi connectivity index (χ0n) is 32.7. The number of ether oxygens (including phenoxy) is 1. The van der Waals surface area contributed by atoms with Gasteiger partial charge in [-0.3, -0.25) is 24.0 Å². The average molecular weight is 776 g/mol. The van der Waals surface area contributed by atoms with Gasteiger partial charge in [-0.25, -0.2) is 9.59 Å². The molecule has 3 saturated heterocycles. The normalized spacial score (nSPS) is 18.9. The molecule has 3 atom stereocenters. The van der Waals surface area contributed by atoms with Crippen LogP contribution in [0.5, 0.6) is 0 Å². The van der Waals surface area contributed by atoms with Crippen molar-refractivity contribution in [2.24, 2.45) is 5.73 Å². The molecule has 15 heteroatoms. The maximum absolute atomic E-state index is 13.4. The molecule has 5 N–H and O–H groups in total. The lowest BCUT2D eigenvalue weighted by Gasteiger charge is -2.38. The zero-order chi connectivity index (χ0) is 40.9. The first-order chi connectivity index (χ1) is 26.9. The molecule has 3 unspecified atom stereocenters. The van der Waals surface area contributed by atoms with Crippen molar-refractivity contribution >= 4 is 48.1 Å². The lowest BCUT2D eigenvalue weighted by Crippen LogP contribution is -2.57. The van der Waals surface area contributed by atoms with Gasteiger partial charge in [-0.05, 0) is 77.4 Å². The van der Waals surface area contributed by atoms with Crippen molar-refractivity contribution < 1.29 is 38.3 Å². The Hall–Kier alpha value is -5.73. The second-order valence-electron chi connectivity index (χ2n) is 14.1. The molecule has 304 valence electrons. The van der Waals surface area contributed by atoms with Gasteiger partial charge in [0, 0.05) is 31.9 Å². The largest absolute Gasteiger partial charge is 0.464 e. The Morgan fingerprint density at radius 2 is 1.45 bits per heavy atom. The van der Waals surface area contributed by atoms with E-state index < -0.39 is 36.0 Å². The van der Waals surface area contributed by atoms with Crippen LogP contribution in [0.4, 0.5) is 4.79 Å². The van der Waals surface area contributed by atoms with Crippen LogP contribution in [-0.4, -0.2) is 114 Å². The van der Waals surface area contributed by atoms with E-state index in [-0.39, 0.29) is 43.3 Å². The van der Waals surface area contributed by atoms with Gasteiger partial charge >= 0.3 is 12.0 Å². The molecule has 0 aliphatic carbocycles. The minimum Gasteiger partial charge on any atom is -0.464 e. The first kappa shape index (κ1) is 44.7. The van der Waals surface area contributed by atoms with Crippen molar-refractivity contribution in [1.29, 1.82) is 0 Å². The van der Waals surface area contributed by atoms with Gasteiger partial charge in [-0.15, -0.1) is 0 Å². The highest BCUT2D eigenvalue weighted by molar-refractivity contribution is 5.93. The number of hydrogen-bond acceptors (Lipinski definition) is 8. The van der Waals surface area contributed by atoms with E-state index in [1.54, 1.807) is 15.9 Å². The number of nitrogens with two attached hydrogens (primary N) is 1. The van der Waals surface area contributed by atoms with Crippen LogP contribution in [0.25, 0.3) is 6.08 Å². The Balaban J connectivity index is 0.000000299. The number of nitrogens with one attached hydrogen (secondary N) is 3. The van der Waals surface area contributed by atoms with E-state index >= 15 is 0 Å². The van der Waals surface area contributed by atoms with Gasteiger partial charge in [-0.2, -0.15) is 0 Å². The molecule has 3 heterocycles. The highest BCUT2D eigenvalue weighted by Crippen LogP contribution is 2.25. The fraction of sp³-hybridized carbons (Fsp3) is 0.488. The monoisotopic (exact) mass is 775 g/mol. The first-order valence-corrected chi connectivity index (χ1v) is 19.2. The Kier molecular flexibility index (Phi) is 19.1. The Morgan fingerprint density at radius 3 is 2.07 bits per heavy atom. The molecule has 0 saturated carbocycles. The van der Waals surface area contributed by atoms with E-state index in [1.807, 2.05) is 62.4 Å². The number of esters is 1. The Morgan fingerprint density at radius 1 is 0.821 bits per heavy atom. The molecular formula is C41H57N7O8. The number of likely N-dealkylation sites (tertiary alicyclic amines) is 3. The lowest BCUT2D eigenvalue weighted by molar-refractivity contribution is -0.153. The summed E-state index contributed by atoms with van der Waals surface area (Å²) in [5.41, 5.74) is 7.15. The SMILES string of the molecule is CC(C)NC(=O)C1CCCCN1C(=O)C1CCCN1C(=O)CCOC(=O)C1CCCN1C=O.Cc1ccccc1.NC(=O)CNC(=O)N/C=C/c1ccccc1. The molecule has 0 spiro atoms. The molecular weight excluding hydrogens is 718 g/mol. The van der Waals surface area contributed by atoms with E-state index in [9.17, 15) is 33.6 Å². The fourth-order valence-electron chi connectivity index (χ4n) is 6.54. The van der Waals surface area contributed by atoms with Crippen LogP contribution in [0.15, 0.2) is 66.9 Å². The highest BCUT2D eigenvalue weighted by Gasteiger charge is 2.41. The predicted octanol–water partition coefficient (Wildman–Crippen LogP) is 2.87. The van der Waals surface area contributed by atoms with Gasteiger partial charge in [-0.1, -0.05) is 66.2 Å². The quantitative estimate of drug-likeness (QED) is 0.186. The number of aryl methyl sites for hydroxylation is 1. The van der Waals surface area contributed by atoms with Crippen LogP contribution in [0, 0.1) is 6.92 Å². The summed E-state index contributed by atoms with van der Waals surface area (Å²) in [4.78, 5) is 88.2. The molecule has 15 nitrogen and oxygen atoms in total. The van der Waals surface area contributed by atoms with Crippen LogP contribution in [0.1, 0.15) is 76.3 Å². The van der Waals surface area contributed by atoms with Crippen molar-refractivity contribution in [1.82, 2.24) is 30.7 Å². The van der Waals surface area contributed by atoms with Gasteiger partial charge in [0.1, 0.15) is 24.7 Å². The number of amides is 7. The molecule has 2 aromatic carbocycles. The van der Waals surface area contributed by atoms with Gasteiger partial charge in [0.05, 0.1) is 13.0 Å². The van der Waals surface area contributed by atoms with Crippen molar-refractivity contribution in [2.45, 2.75) is 96.3 Å². The van der Waals surface area contributed by atoms with E-state index in [1.165, 1.54) is 16.7 Å². The second-order valence-corrected chi connectivity index (χ2v) is 14.1. The highest BCUT2D eigenvalue weighted by atomic mass is 16.5. The van der Waals surface area contributed by atoms with E-state index in [0.717, 1.165) is 31.2 Å². The maximum Gasteiger partial charge on any atom is 0.328 e. The molecule has 3 aliphatic rings. The van der Waals surface area contributed by atoms with E-state index in [0.29, 0.717) is 45.3 Å². The number of benzene rings is 2. The van der Waals surface area contributed by atoms with Crippen LogP contribution in [-0.2, 0) is 33.5 Å². The van der Waals surface area contributed by atoms with Crippen molar-refractivity contribution in [3.05, 3.63) is 78.0 Å². The third-order valence-corrected chi connectivity index (χ3v) is 9.29. The summed E-state index contributed by atoms with van der Waals surface area (Å²) >= 11 is 0.